The lowest BCUT2D eigenvalue weighted by molar-refractivity contribution is -0.198. The molecule has 0 radical (unpaired) electrons. The van der Waals surface area contributed by atoms with E-state index in [1.54, 1.807) is 7.11 Å². The molecule has 62 valence electrons. The fourth-order valence-corrected chi connectivity index (χ4v) is 0.441. The van der Waals surface area contributed by atoms with E-state index in [1.165, 1.54) is 0 Å². The number of hydrogen-bond acceptors (Lipinski definition) is 3. The molecule has 3 heteroatoms. The van der Waals surface area contributed by atoms with Crippen molar-refractivity contribution >= 4 is 0 Å². The standard InChI is InChI=1S/C7H16O3/c1-7(2,9-3)10-6-4-5-8/h8H,4-6H2,1-3H3. The summed E-state index contributed by atoms with van der Waals surface area (Å²) in [6.45, 7) is 4.38. The minimum atomic E-state index is -0.519. The van der Waals surface area contributed by atoms with Gasteiger partial charge in [0.1, 0.15) is 0 Å². The Balaban J connectivity index is 3.28. The van der Waals surface area contributed by atoms with E-state index in [-0.39, 0.29) is 6.61 Å². The SMILES string of the molecule is COC(C)(C)OCCCO. The second-order valence-corrected chi connectivity index (χ2v) is 2.53. The van der Waals surface area contributed by atoms with Crippen LogP contribution in [0.2, 0.25) is 0 Å². The Morgan fingerprint density at radius 2 is 2.00 bits per heavy atom. The number of aliphatic hydroxyl groups excluding tert-OH is 1. The molecule has 0 aliphatic carbocycles. The van der Waals surface area contributed by atoms with E-state index in [2.05, 4.69) is 0 Å². The fraction of sp³-hybridized carbons (Fsp3) is 1.00. The van der Waals surface area contributed by atoms with Crippen molar-refractivity contribution in [3.8, 4) is 0 Å². The zero-order valence-electron chi connectivity index (χ0n) is 6.89. The van der Waals surface area contributed by atoms with Crippen molar-refractivity contribution in [1.29, 1.82) is 0 Å². The first-order chi connectivity index (χ1) is 4.62. The smallest absolute Gasteiger partial charge is 0.162 e. The monoisotopic (exact) mass is 148 g/mol. The van der Waals surface area contributed by atoms with E-state index < -0.39 is 5.79 Å². The van der Waals surface area contributed by atoms with E-state index in [4.69, 9.17) is 14.6 Å². The van der Waals surface area contributed by atoms with E-state index in [0.717, 1.165) is 0 Å². The lowest BCUT2D eigenvalue weighted by Gasteiger charge is -2.22. The van der Waals surface area contributed by atoms with Gasteiger partial charge in [-0.2, -0.15) is 0 Å². The summed E-state index contributed by atoms with van der Waals surface area (Å²) in [5.74, 6) is -0.519. The number of rotatable bonds is 5. The summed E-state index contributed by atoms with van der Waals surface area (Å²) in [5.41, 5.74) is 0. The molecule has 1 N–H and O–H groups in total. The summed E-state index contributed by atoms with van der Waals surface area (Å²) in [7, 11) is 1.60. The van der Waals surface area contributed by atoms with Crippen LogP contribution >= 0.6 is 0 Å². The van der Waals surface area contributed by atoms with Crippen molar-refractivity contribution in [2.24, 2.45) is 0 Å². The quantitative estimate of drug-likeness (QED) is 0.462. The minimum Gasteiger partial charge on any atom is -0.396 e. The Kier molecular flexibility index (Phi) is 4.60. The maximum Gasteiger partial charge on any atom is 0.162 e. The Morgan fingerprint density at radius 1 is 1.40 bits per heavy atom. The van der Waals surface area contributed by atoms with Crippen molar-refractivity contribution < 1.29 is 14.6 Å². The van der Waals surface area contributed by atoms with Crippen LogP contribution in [-0.2, 0) is 9.47 Å². The zero-order valence-corrected chi connectivity index (χ0v) is 6.89. The first-order valence-corrected chi connectivity index (χ1v) is 3.42. The summed E-state index contributed by atoms with van der Waals surface area (Å²) in [4.78, 5) is 0. The van der Waals surface area contributed by atoms with Crippen LogP contribution in [0.5, 0.6) is 0 Å². The topological polar surface area (TPSA) is 38.7 Å². The van der Waals surface area contributed by atoms with Crippen molar-refractivity contribution in [3.05, 3.63) is 0 Å². The fourth-order valence-electron chi connectivity index (χ4n) is 0.441. The van der Waals surface area contributed by atoms with Crippen LogP contribution in [-0.4, -0.2) is 31.2 Å². The summed E-state index contributed by atoms with van der Waals surface area (Å²) < 4.78 is 10.2. The number of aliphatic hydroxyl groups is 1. The molecule has 0 saturated heterocycles. The average molecular weight is 148 g/mol. The van der Waals surface area contributed by atoms with Crippen LogP contribution < -0.4 is 0 Å². The van der Waals surface area contributed by atoms with Crippen LogP contribution in [0.25, 0.3) is 0 Å². The number of methoxy groups -OCH3 is 1. The number of hydrogen-bond donors (Lipinski definition) is 1. The Bertz CT molecular complexity index is 80.9. The predicted molar refractivity (Wildman–Crippen MR) is 38.7 cm³/mol. The molecule has 0 bridgehead atoms. The van der Waals surface area contributed by atoms with Crippen molar-refractivity contribution in [2.45, 2.75) is 26.1 Å². The maximum atomic E-state index is 8.41. The second-order valence-electron chi connectivity index (χ2n) is 2.53. The molecule has 0 amide bonds. The molecule has 0 spiro atoms. The van der Waals surface area contributed by atoms with Gasteiger partial charge < -0.3 is 14.6 Å². The molecular weight excluding hydrogens is 132 g/mol. The first kappa shape index (κ1) is 9.88. The van der Waals surface area contributed by atoms with Gasteiger partial charge in [0.25, 0.3) is 0 Å². The van der Waals surface area contributed by atoms with Gasteiger partial charge in [-0.25, -0.2) is 0 Å². The molecule has 0 aliphatic rings. The maximum absolute atomic E-state index is 8.41. The molecule has 0 heterocycles. The van der Waals surface area contributed by atoms with Crippen molar-refractivity contribution in [3.63, 3.8) is 0 Å². The Morgan fingerprint density at radius 3 is 2.40 bits per heavy atom. The molecule has 0 aromatic rings. The molecule has 10 heavy (non-hydrogen) atoms. The highest BCUT2D eigenvalue weighted by atomic mass is 16.7. The lowest BCUT2D eigenvalue weighted by atomic mass is 10.4. The summed E-state index contributed by atoms with van der Waals surface area (Å²) >= 11 is 0. The van der Waals surface area contributed by atoms with E-state index in [9.17, 15) is 0 Å². The summed E-state index contributed by atoms with van der Waals surface area (Å²) in [6.07, 6.45) is 0.660. The van der Waals surface area contributed by atoms with Gasteiger partial charge in [0, 0.05) is 13.7 Å². The lowest BCUT2D eigenvalue weighted by Crippen LogP contribution is -2.27. The minimum absolute atomic E-state index is 0.166. The van der Waals surface area contributed by atoms with Gasteiger partial charge in [0.05, 0.1) is 6.61 Å². The zero-order chi connectivity index (χ0) is 8.04. The molecule has 0 aliphatic heterocycles. The highest BCUT2D eigenvalue weighted by molar-refractivity contribution is 4.50. The highest BCUT2D eigenvalue weighted by Crippen LogP contribution is 2.08. The van der Waals surface area contributed by atoms with E-state index in [1.807, 2.05) is 13.8 Å². The molecule has 0 rings (SSSR count). The van der Waals surface area contributed by atoms with Gasteiger partial charge in [-0.3, -0.25) is 0 Å². The van der Waals surface area contributed by atoms with Crippen molar-refractivity contribution in [2.75, 3.05) is 20.3 Å². The average Bonchev–Trinajstić information content (AvgIpc) is 1.89. The van der Waals surface area contributed by atoms with E-state index in [0.29, 0.717) is 13.0 Å². The Hall–Kier alpha value is -0.120. The first-order valence-electron chi connectivity index (χ1n) is 3.42. The van der Waals surface area contributed by atoms with Gasteiger partial charge in [-0.05, 0) is 20.3 Å². The molecular formula is C7H16O3. The number of ether oxygens (including phenoxy) is 2. The molecule has 0 aromatic heterocycles. The van der Waals surface area contributed by atoms with E-state index >= 15 is 0 Å². The summed E-state index contributed by atoms with van der Waals surface area (Å²) in [6, 6.07) is 0. The third-order valence-corrected chi connectivity index (χ3v) is 1.24. The van der Waals surface area contributed by atoms with Crippen LogP contribution in [0, 0.1) is 0 Å². The molecule has 0 unspecified atom stereocenters. The van der Waals surface area contributed by atoms with Crippen LogP contribution in [0.1, 0.15) is 20.3 Å². The Labute approximate surface area is 62.0 Å². The normalized spacial score (nSPS) is 12.0. The third kappa shape index (κ3) is 4.73. The van der Waals surface area contributed by atoms with Gasteiger partial charge in [0.2, 0.25) is 0 Å². The van der Waals surface area contributed by atoms with Gasteiger partial charge in [0.15, 0.2) is 5.79 Å². The second kappa shape index (κ2) is 4.66. The third-order valence-electron chi connectivity index (χ3n) is 1.24. The highest BCUT2D eigenvalue weighted by Gasteiger charge is 2.15. The molecule has 0 aromatic carbocycles. The predicted octanol–water partition coefficient (Wildman–Crippen LogP) is 0.768. The van der Waals surface area contributed by atoms with Crippen LogP contribution in [0.4, 0.5) is 0 Å². The molecule has 0 saturated carbocycles. The van der Waals surface area contributed by atoms with Gasteiger partial charge in [-0.15, -0.1) is 0 Å². The largest absolute Gasteiger partial charge is 0.396 e. The molecule has 0 fully saturated rings. The van der Waals surface area contributed by atoms with Crippen LogP contribution in [0.15, 0.2) is 0 Å². The van der Waals surface area contributed by atoms with Crippen molar-refractivity contribution in [1.82, 2.24) is 0 Å². The van der Waals surface area contributed by atoms with Gasteiger partial charge >= 0.3 is 0 Å². The molecule has 3 nitrogen and oxygen atoms in total. The van der Waals surface area contributed by atoms with Crippen LogP contribution in [0.3, 0.4) is 0 Å². The summed E-state index contributed by atoms with van der Waals surface area (Å²) in [5, 5.41) is 8.41. The molecule has 0 atom stereocenters. The van der Waals surface area contributed by atoms with Gasteiger partial charge in [-0.1, -0.05) is 0 Å².